The molecule has 0 N–H and O–H groups in total. The second kappa shape index (κ2) is 5.35. The lowest BCUT2D eigenvalue weighted by Crippen LogP contribution is -2.48. The standard InChI is InChI=1S/C13H18N2O3/c1-9-7-15(8-10(2)18-9)13(16)11-5-4-6-14-12(11)17-3/h4-6,9-10H,7-8H2,1-3H3/t9-,10-/m0/s1. The number of rotatable bonds is 2. The van der Waals surface area contributed by atoms with Crippen LogP contribution in [0, 0.1) is 0 Å². The number of carbonyl (C=O) groups is 1. The van der Waals surface area contributed by atoms with Gasteiger partial charge in [-0.25, -0.2) is 4.98 Å². The van der Waals surface area contributed by atoms with Crippen molar-refractivity contribution in [1.82, 2.24) is 9.88 Å². The molecule has 1 aliphatic heterocycles. The van der Waals surface area contributed by atoms with Gasteiger partial charge in [-0.1, -0.05) is 0 Å². The third kappa shape index (κ3) is 2.61. The monoisotopic (exact) mass is 250 g/mol. The summed E-state index contributed by atoms with van der Waals surface area (Å²) in [7, 11) is 1.52. The van der Waals surface area contributed by atoms with Crippen LogP contribution in [0.3, 0.4) is 0 Å². The minimum absolute atomic E-state index is 0.0537. The molecule has 1 saturated heterocycles. The lowest BCUT2D eigenvalue weighted by molar-refractivity contribution is -0.0586. The Bertz CT molecular complexity index is 426. The van der Waals surface area contributed by atoms with E-state index >= 15 is 0 Å². The Morgan fingerprint density at radius 2 is 2.11 bits per heavy atom. The molecule has 5 heteroatoms. The van der Waals surface area contributed by atoms with E-state index in [1.807, 2.05) is 13.8 Å². The number of morpholine rings is 1. The summed E-state index contributed by atoms with van der Waals surface area (Å²) in [5.74, 6) is 0.316. The maximum atomic E-state index is 12.4. The van der Waals surface area contributed by atoms with Crippen LogP contribution in [0.1, 0.15) is 24.2 Å². The summed E-state index contributed by atoms with van der Waals surface area (Å²) in [6, 6.07) is 3.47. The summed E-state index contributed by atoms with van der Waals surface area (Å²) < 4.78 is 10.7. The number of hydrogen-bond acceptors (Lipinski definition) is 4. The summed E-state index contributed by atoms with van der Waals surface area (Å²) in [6.45, 7) is 5.13. The quantitative estimate of drug-likeness (QED) is 0.794. The summed E-state index contributed by atoms with van der Waals surface area (Å²) >= 11 is 0. The van der Waals surface area contributed by atoms with E-state index in [1.54, 1.807) is 23.2 Å². The van der Waals surface area contributed by atoms with Crippen molar-refractivity contribution in [3.63, 3.8) is 0 Å². The number of carbonyl (C=O) groups excluding carboxylic acids is 1. The van der Waals surface area contributed by atoms with Crippen molar-refractivity contribution in [1.29, 1.82) is 0 Å². The van der Waals surface area contributed by atoms with Crippen molar-refractivity contribution in [2.75, 3.05) is 20.2 Å². The van der Waals surface area contributed by atoms with Gasteiger partial charge in [-0.2, -0.15) is 0 Å². The maximum absolute atomic E-state index is 12.4. The molecule has 0 spiro atoms. The molecule has 2 heterocycles. The molecule has 1 aromatic heterocycles. The molecule has 0 radical (unpaired) electrons. The molecule has 2 rings (SSSR count). The summed E-state index contributed by atoms with van der Waals surface area (Å²) in [5, 5.41) is 0. The topological polar surface area (TPSA) is 51.7 Å². The Morgan fingerprint density at radius 3 is 2.72 bits per heavy atom. The highest BCUT2D eigenvalue weighted by molar-refractivity contribution is 5.96. The van der Waals surface area contributed by atoms with E-state index < -0.39 is 0 Å². The van der Waals surface area contributed by atoms with Crippen molar-refractivity contribution in [2.45, 2.75) is 26.1 Å². The minimum Gasteiger partial charge on any atom is -0.480 e. The predicted molar refractivity (Wildman–Crippen MR) is 66.7 cm³/mol. The highest BCUT2D eigenvalue weighted by Crippen LogP contribution is 2.19. The van der Waals surface area contributed by atoms with Crippen LogP contribution >= 0.6 is 0 Å². The van der Waals surface area contributed by atoms with E-state index in [9.17, 15) is 4.79 Å². The predicted octanol–water partition coefficient (Wildman–Crippen LogP) is 1.34. The zero-order valence-electron chi connectivity index (χ0n) is 10.9. The number of amides is 1. The van der Waals surface area contributed by atoms with Gasteiger partial charge in [0.05, 0.1) is 19.3 Å². The molecule has 0 bridgehead atoms. The van der Waals surface area contributed by atoms with Crippen molar-refractivity contribution < 1.29 is 14.3 Å². The number of pyridine rings is 1. The van der Waals surface area contributed by atoms with Gasteiger partial charge in [0.15, 0.2) is 0 Å². The van der Waals surface area contributed by atoms with Crippen LogP contribution in [-0.4, -0.2) is 48.2 Å². The van der Waals surface area contributed by atoms with Gasteiger partial charge in [0.1, 0.15) is 5.56 Å². The zero-order valence-corrected chi connectivity index (χ0v) is 10.9. The van der Waals surface area contributed by atoms with Gasteiger partial charge in [0.25, 0.3) is 5.91 Å². The van der Waals surface area contributed by atoms with Gasteiger partial charge < -0.3 is 14.4 Å². The number of hydrogen-bond donors (Lipinski definition) is 0. The number of nitrogens with zero attached hydrogens (tertiary/aromatic N) is 2. The molecule has 1 fully saturated rings. The Labute approximate surface area is 107 Å². The molecule has 1 aliphatic rings. The average molecular weight is 250 g/mol. The minimum atomic E-state index is -0.0537. The first-order valence-corrected chi connectivity index (χ1v) is 6.05. The highest BCUT2D eigenvalue weighted by Gasteiger charge is 2.28. The van der Waals surface area contributed by atoms with Gasteiger partial charge in [0.2, 0.25) is 5.88 Å². The van der Waals surface area contributed by atoms with Crippen molar-refractivity contribution >= 4 is 5.91 Å². The van der Waals surface area contributed by atoms with Crippen molar-refractivity contribution in [3.8, 4) is 5.88 Å². The second-order valence-electron chi connectivity index (χ2n) is 4.53. The number of methoxy groups -OCH3 is 1. The fourth-order valence-corrected chi connectivity index (χ4v) is 2.23. The third-order valence-electron chi connectivity index (χ3n) is 2.90. The summed E-state index contributed by atoms with van der Waals surface area (Å²) in [4.78, 5) is 18.3. The molecule has 1 amide bonds. The highest BCUT2D eigenvalue weighted by atomic mass is 16.5. The molecule has 0 aliphatic carbocycles. The first-order chi connectivity index (χ1) is 8.61. The zero-order chi connectivity index (χ0) is 13.1. The van der Waals surface area contributed by atoms with Crippen LogP contribution in [0.2, 0.25) is 0 Å². The first kappa shape index (κ1) is 12.8. The normalized spacial score (nSPS) is 23.8. The maximum Gasteiger partial charge on any atom is 0.259 e. The molecule has 1 aromatic rings. The van der Waals surface area contributed by atoms with Crippen LogP contribution < -0.4 is 4.74 Å². The molecule has 98 valence electrons. The van der Waals surface area contributed by atoms with Gasteiger partial charge >= 0.3 is 0 Å². The van der Waals surface area contributed by atoms with Crippen LogP contribution in [0.25, 0.3) is 0 Å². The molecule has 2 atom stereocenters. The van der Waals surface area contributed by atoms with E-state index in [1.165, 1.54) is 7.11 Å². The van der Waals surface area contributed by atoms with E-state index in [-0.39, 0.29) is 18.1 Å². The lowest BCUT2D eigenvalue weighted by atomic mass is 10.2. The Balaban J connectivity index is 2.20. The van der Waals surface area contributed by atoms with Gasteiger partial charge in [-0.15, -0.1) is 0 Å². The molecule has 0 saturated carbocycles. The van der Waals surface area contributed by atoms with Crippen LogP contribution in [0.5, 0.6) is 5.88 Å². The Hall–Kier alpha value is -1.62. The molecule has 0 unspecified atom stereocenters. The first-order valence-electron chi connectivity index (χ1n) is 6.05. The van der Waals surface area contributed by atoms with E-state index in [0.717, 1.165) is 0 Å². The van der Waals surface area contributed by atoms with Crippen LogP contribution in [0.4, 0.5) is 0 Å². The summed E-state index contributed by atoms with van der Waals surface area (Å²) in [6.07, 6.45) is 1.72. The molecular formula is C13H18N2O3. The van der Waals surface area contributed by atoms with Gasteiger partial charge in [-0.3, -0.25) is 4.79 Å². The Morgan fingerprint density at radius 1 is 1.44 bits per heavy atom. The molecule has 0 aromatic carbocycles. The smallest absolute Gasteiger partial charge is 0.259 e. The fourth-order valence-electron chi connectivity index (χ4n) is 2.23. The van der Waals surface area contributed by atoms with E-state index in [2.05, 4.69) is 4.98 Å². The lowest BCUT2D eigenvalue weighted by Gasteiger charge is -2.35. The SMILES string of the molecule is COc1ncccc1C(=O)N1C[C@H](C)O[C@@H](C)C1. The van der Waals surface area contributed by atoms with Crippen LogP contribution in [-0.2, 0) is 4.74 Å². The molecular weight excluding hydrogens is 232 g/mol. The van der Waals surface area contributed by atoms with Gasteiger partial charge in [-0.05, 0) is 26.0 Å². The van der Waals surface area contributed by atoms with Gasteiger partial charge in [0, 0.05) is 19.3 Å². The van der Waals surface area contributed by atoms with Crippen LogP contribution in [0.15, 0.2) is 18.3 Å². The van der Waals surface area contributed by atoms with Crippen molar-refractivity contribution in [2.24, 2.45) is 0 Å². The third-order valence-corrected chi connectivity index (χ3v) is 2.90. The average Bonchev–Trinajstić information content (AvgIpc) is 2.36. The summed E-state index contributed by atoms with van der Waals surface area (Å²) in [5.41, 5.74) is 0.501. The van der Waals surface area contributed by atoms with E-state index in [0.29, 0.717) is 24.5 Å². The molecule has 18 heavy (non-hydrogen) atoms. The largest absolute Gasteiger partial charge is 0.480 e. The molecule has 5 nitrogen and oxygen atoms in total. The van der Waals surface area contributed by atoms with E-state index in [4.69, 9.17) is 9.47 Å². The Kier molecular flexibility index (Phi) is 3.81. The van der Waals surface area contributed by atoms with Crippen molar-refractivity contribution in [3.05, 3.63) is 23.9 Å². The number of ether oxygens (including phenoxy) is 2. The number of aromatic nitrogens is 1. The fraction of sp³-hybridized carbons (Fsp3) is 0.538. The second-order valence-corrected chi connectivity index (χ2v) is 4.53.